The van der Waals surface area contributed by atoms with Crippen molar-refractivity contribution in [3.8, 4) is 0 Å². The van der Waals surface area contributed by atoms with Crippen LogP contribution in [0.1, 0.15) is 17.4 Å². The zero-order valence-electron chi connectivity index (χ0n) is 12.6. The SMILES string of the molecule is COC[C@@H](C)NC(=O)Cn1cnc2sc(C)c(C)c2c1=O. The molecule has 1 N–H and O–H groups in total. The van der Waals surface area contributed by atoms with E-state index in [-0.39, 0.29) is 24.1 Å². The molecule has 0 aliphatic carbocycles. The van der Waals surface area contributed by atoms with Gasteiger partial charge in [-0.15, -0.1) is 11.3 Å². The highest BCUT2D eigenvalue weighted by Gasteiger charge is 2.14. The van der Waals surface area contributed by atoms with Gasteiger partial charge >= 0.3 is 0 Å². The molecule has 2 rings (SSSR count). The molecule has 0 aliphatic heterocycles. The summed E-state index contributed by atoms with van der Waals surface area (Å²) in [7, 11) is 1.58. The van der Waals surface area contributed by atoms with Gasteiger partial charge in [-0.1, -0.05) is 0 Å². The number of thiophene rings is 1. The summed E-state index contributed by atoms with van der Waals surface area (Å²) in [4.78, 5) is 30.4. The van der Waals surface area contributed by atoms with Gasteiger partial charge in [0.25, 0.3) is 5.56 Å². The number of ether oxygens (including phenoxy) is 1. The Morgan fingerprint density at radius 3 is 2.90 bits per heavy atom. The second-order valence-corrected chi connectivity index (χ2v) is 6.27. The van der Waals surface area contributed by atoms with Crippen molar-refractivity contribution in [2.24, 2.45) is 0 Å². The van der Waals surface area contributed by atoms with Crippen molar-refractivity contribution in [3.05, 3.63) is 27.1 Å². The fraction of sp³-hybridized carbons (Fsp3) is 0.500. The molecule has 0 saturated carbocycles. The van der Waals surface area contributed by atoms with Gasteiger partial charge in [0.15, 0.2) is 0 Å². The van der Waals surface area contributed by atoms with Crippen LogP contribution in [0, 0.1) is 13.8 Å². The van der Waals surface area contributed by atoms with Crippen LogP contribution in [0.3, 0.4) is 0 Å². The number of fused-ring (bicyclic) bond motifs is 1. The number of carbonyl (C=O) groups is 1. The quantitative estimate of drug-likeness (QED) is 0.901. The Morgan fingerprint density at radius 1 is 1.52 bits per heavy atom. The van der Waals surface area contributed by atoms with Crippen LogP contribution in [0.5, 0.6) is 0 Å². The summed E-state index contributed by atoms with van der Waals surface area (Å²) in [6.07, 6.45) is 1.43. The lowest BCUT2D eigenvalue weighted by Crippen LogP contribution is -2.39. The number of carbonyl (C=O) groups excluding carboxylic acids is 1. The van der Waals surface area contributed by atoms with Gasteiger partial charge in [0, 0.05) is 18.0 Å². The van der Waals surface area contributed by atoms with Crippen molar-refractivity contribution in [2.75, 3.05) is 13.7 Å². The first-order valence-corrected chi connectivity index (χ1v) is 7.49. The van der Waals surface area contributed by atoms with Crippen LogP contribution in [0.2, 0.25) is 0 Å². The Labute approximate surface area is 126 Å². The topological polar surface area (TPSA) is 73.2 Å². The molecule has 0 aliphatic rings. The van der Waals surface area contributed by atoms with Gasteiger partial charge < -0.3 is 10.1 Å². The maximum absolute atomic E-state index is 12.4. The molecule has 6 nitrogen and oxygen atoms in total. The molecule has 21 heavy (non-hydrogen) atoms. The average molecular weight is 309 g/mol. The standard InChI is InChI=1S/C14H19N3O3S/c1-8(6-20-4)16-11(18)5-17-7-15-13-12(14(17)19)9(2)10(3)21-13/h7-8H,5-6H2,1-4H3,(H,16,18)/t8-/m1/s1. The van der Waals surface area contributed by atoms with Crippen LogP contribution in [0.25, 0.3) is 10.2 Å². The first-order chi connectivity index (χ1) is 9.93. The van der Waals surface area contributed by atoms with Gasteiger partial charge in [-0.25, -0.2) is 4.98 Å². The molecule has 0 spiro atoms. The minimum atomic E-state index is -0.229. The average Bonchev–Trinajstić information content (AvgIpc) is 2.69. The first kappa shape index (κ1) is 15.7. The van der Waals surface area contributed by atoms with Gasteiger partial charge in [0.05, 0.1) is 18.3 Å². The van der Waals surface area contributed by atoms with E-state index in [1.54, 1.807) is 7.11 Å². The highest BCUT2D eigenvalue weighted by molar-refractivity contribution is 7.18. The number of rotatable bonds is 5. The lowest BCUT2D eigenvalue weighted by molar-refractivity contribution is -0.122. The lowest BCUT2D eigenvalue weighted by Gasteiger charge is -2.13. The molecule has 0 bridgehead atoms. The van der Waals surface area contributed by atoms with Crippen LogP contribution < -0.4 is 10.9 Å². The molecule has 0 fully saturated rings. The second-order valence-electron chi connectivity index (χ2n) is 5.06. The van der Waals surface area contributed by atoms with E-state index in [0.29, 0.717) is 12.0 Å². The van der Waals surface area contributed by atoms with Crippen LogP contribution in [0.15, 0.2) is 11.1 Å². The van der Waals surface area contributed by atoms with Crippen molar-refractivity contribution in [2.45, 2.75) is 33.4 Å². The van der Waals surface area contributed by atoms with Crippen LogP contribution >= 0.6 is 11.3 Å². The fourth-order valence-corrected chi connectivity index (χ4v) is 3.14. The van der Waals surface area contributed by atoms with Crippen molar-refractivity contribution in [1.82, 2.24) is 14.9 Å². The van der Waals surface area contributed by atoms with E-state index in [0.717, 1.165) is 15.3 Å². The Balaban J connectivity index is 2.23. The van der Waals surface area contributed by atoms with Crippen molar-refractivity contribution >= 4 is 27.5 Å². The fourth-order valence-electron chi connectivity index (χ4n) is 2.15. The maximum Gasteiger partial charge on any atom is 0.262 e. The molecule has 2 aromatic heterocycles. The summed E-state index contributed by atoms with van der Waals surface area (Å²) >= 11 is 1.50. The minimum Gasteiger partial charge on any atom is -0.383 e. The number of methoxy groups -OCH3 is 1. The van der Waals surface area contributed by atoms with Gasteiger partial charge in [0.1, 0.15) is 11.4 Å². The van der Waals surface area contributed by atoms with E-state index < -0.39 is 0 Å². The monoisotopic (exact) mass is 309 g/mol. The number of nitrogens with zero attached hydrogens (tertiary/aromatic N) is 2. The smallest absolute Gasteiger partial charge is 0.262 e. The van der Waals surface area contributed by atoms with E-state index >= 15 is 0 Å². The third-order valence-corrected chi connectivity index (χ3v) is 4.41. The number of aromatic nitrogens is 2. The van der Waals surface area contributed by atoms with Crippen LogP contribution in [-0.4, -0.2) is 35.2 Å². The van der Waals surface area contributed by atoms with Gasteiger partial charge in [-0.3, -0.25) is 14.2 Å². The number of aryl methyl sites for hydroxylation is 2. The van der Waals surface area contributed by atoms with Crippen molar-refractivity contribution in [1.29, 1.82) is 0 Å². The summed E-state index contributed by atoms with van der Waals surface area (Å²) in [6, 6.07) is -0.0972. The maximum atomic E-state index is 12.4. The van der Waals surface area contributed by atoms with E-state index in [1.165, 1.54) is 22.2 Å². The summed E-state index contributed by atoms with van der Waals surface area (Å²) < 4.78 is 6.30. The lowest BCUT2D eigenvalue weighted by atomic mass is 10.2. The van der Waals surface area contributed by atoms with Crippen LogP contribution in [-0.2, 0) is 16.1 Å². The summed E-state index contributed by atoms with van der Waals surface area (Å²) in [5.41, 5.74) is 0.770. The zero-order valence-corrected chi connectivity index (χ0v) is 13.4. The minimum absolute atomic E-state index is 0.0375. The van der Waals surface area contributed by atoms with Gasteiger partial charge in [0.2, 0.25) is 5.91 Å². The molecular formula is C14H19N3O3S. The molecule has 2 aromatic rings. The molecule has 0 saturated heterocycles. The zero-order chi connectivity index (χ0) is 15.6. The van der Waals surface area contributed by atoms with Gasteiger partial charge in [-0.2, -0.15) is 0 Å². The first-order valence-electron chi connectivity index (χ1n) is 6.67. The molecular weight excluding hydrogens is 290 g/mol. The summed E-state index contributed by atoms with van der Waals surface area (Å²) in [5.74, 6) is -0.229. The molecule has 0 aromatic carbocycles. The van der Waals surface area contributed by atoms with E-state index in [2.05, 4.69) is 10.3 Å². The Hall–Kier alpha value is -1.73. The Morgan fingerprint density at radius 2 is 2.24 bits per heavy atom. The molecule has 0 radical (unpaired) electrons. The van der Waals surface area contributed by atoms with E-state index in [9.17, 15) is 9.59 Å². The number of hydrogen-bond donors (Lipinski definition) is 1. The number of nitrogens with one attached hydrogen (secondary N) is 1. The molecule has 0 unspecified atom stereocenters. The Kier molecular flexibility index (Phi) is 4.74. The number of hydrogen-bond acceptors (Lipinski definition) is 5. The normalized spacial score (nSPS) is 12.6. The van der Waals surface area contributed by atoms with Crippen molar-refractivity contribution < 1.29 is 9.53 Å². The summed E-state index contributed by atoms with van der Waals surface area (Å²) in [6.45, 7) is 6.11. The second kappa shape index (κ2) is 6.36. The molecule has 1 amide bonds. The summed E-state index contributed by atoms with van der Waals surface area (Å²) in [5, 5.41) is 3.38. The highest BCUT2D eigenvalue weighted by Crippen LogP contribution is 2.25. The highest BCUT2D eigenvalue weighted by atomic mass is 32.1. The van der Waals surface area contributed by atoms with Crippen molar-refractivity contribution in [3.63, 3.8) is 0 Å². The third-order valence-electron chi connectivity index (χ3n) is 3.29. The largest absolute Gasteiger partial charge is 0.383 e. The molecule has 114 valence electrons. The van der Waals surface area contributed by atoms with E-state index in [4.69, 9.17) is 4.74 Å². The van der Waals surface area contributed by atoms with E-state index in [1.807, 2.05) is 20.8 Å². The van der Waals surface area contributed by atoms with Gasteiger partial charge in [-0.05, 0) is 26.3 Å². The Bertz CT molecular complexity index is 720. The molecule has 2 heterocycles. The van der Waals surface area contributed by atoms with Crippen LogP contribution in [0.4, 0.5) is 0 Å². The molecule has 7 heteroatoms. The third kappa shape index (κ3) is 3.30. The predicted molar refractivity (Wildman–Crippen MR) is 82.8 cm³/mol. The predicted octanol–water partition coefficient (Wildman–Crippen LogP) is 1.23. The number of amides is 1. The molecule has 1 atom stereocenters.